The second-order valence-electron chi connectivity index (χ2n) is 8.48. The Balaban J connectivity index is 1.44. The Morgan fingerprint density at radius 2 is 2.32 bits per heavy atom. The maximum absolute atomic E-state index is 12.6. The second kappa shape index (κ2) is 9.46. The van der Waals surface area contributed by atoms with Crippen LogP contribution in [0.2, 0.25) is 0 Å². The van der Waals surface area contributed by atoms with Crippen molar-refractivity contribution in [3.8, 4) is 0 Å². The van der Waals surface area contributed by atoms with Gasteiger partial charge in [0.15, 0.2) is 0 Å². The van der Waals surface area contributed by atoms with E-state index in [0.717, 1.165) is 25.8 Å². The molecule has 10 heteroatoms. The van der Waals surface area contributed by atoms with E-state index in [1.807, 2.05) is 13.0 Å². The smallest absolute Gasteiger partial charge is 0.351 e. The van der Waals surface area contributed by atoms with Crippen LogP contribution in [0.5, 0.6) is 0 Å². The Hall–Kier alpha value is -1.64. The molecule has 1 aromatic heterocycles. The average molecular weight is 450 g/mol. The van der Waals surface area contributed by atoms with Crippen molar-refractivity contribution in [3.63, 3.8) is 0 Å². The number of anilines is 1. The number of fused-ring (bicyclic) bond motifs is 1. The van der Waals surface area contributed by atoms with Gasteiger partial charge in [0.05, 0.1) is 18.3 Å². The Morgan fingerprint density at radius 3 is 3.00 bits per heavy atom. The summed E-state index contributed by atoms with van der Waals surface area (Å²) >= 11 is 0. The van der Waals surface area contributed by atoms with Crippen molar-refractivity contribution in [2.45, 2.75) is 77.0 Å². The van der Waals surface area contributed by atoms with E-state index in [-0.39, 0.29) is 36.0 Å². The monoisotopic (exact) mass is 450 g/mol. The molecule has 3 saturated heterocycles. The minimum Gasteiger partial charge on any atom is -0.352 e. The van der Waals surface area contributed by atoms with Gasteiger partial charge in [-0.05, 0) is 25.3 Å². The van der Waals surface area contributed by atoms with Gasteiger partial charge < -0.3 is 19.1 Å². The predicted octanol–water partition coefficient (Wildman–Crippen LogP) is 3.20. The highest BCUT2D eigenvalue weighted by Gasteiger charge is 2.48. The third-order valence-corrected chi connectivity index (χ3v) is 7.82. The van der Waals surface area contributed by atoms with Crippen LogP contribution in [-0.2, 0) is 18.6 Å². The van der Waals surface area contributed by atoms with Gasteiger partial charge in [0.2, 0.25) is 5.91 Å². The van der Waals surface area contributed by atoms with Crippen LogP contribution in [0.4, 0.5) is 5.82 Å². The van der Waals surface area contributed by atoms with Crippen molar-refractivity contribution in [2.75, 3.05) is 11.9 Å². The lowest BCUT2D eigenvalue weighted by Gasteiger charge is -2.25. The summed E-state index contributed by atoms with van der Waals surface area (Å²) in [5.41, 5.74) is -0.462. The lowest BCUT2D eigenvalue weighted by molar-refractivity contribution is -0.118. The molecule has 31 heavy (non-hydrogen) atoms. The fraction of sp³-hybridized carbons (Fsp3) is 0.667. The molecular formula is C21H31N4O5P. The standard InChI is InChI=1S/C21H31N4O5P/c1-5-15-14-8-7-10-25(14)31(29-15)30-17-12-19(28-16(17)6-2)24-11-9-18(23-21(24)27)22-20(26)13(3)4/h5,9,11,13-17,19H,1,6-8,10,12H2,2-4H3,(H,22,23,26,27)/t14-,15+,16+,17?,19+,31?/m0/s1. The molecule has 0 saturated carbocycles. The van der Waals surface area contributed by atoms with Crippen LogP contribution in [0.15, 0.2) is 29.7 Å². The van der Waals surface area contributed by atoms with Gasteiger partial charge in [-0.1, -0.05) is 26.8 Å². The van der Waals surface area contributed by atoms with Gasteiger partial charge in [0.1, 0.15) is 12.0 Å². The molecule has 3 aliphatic heterocycles. The number of carbonyl (C=O) groups excluding carboxylic acids is 1. The molecule has 9 nitrogen and oxygen atoms in total. The van der Waals surface area contributed by atoms with Crippen LogP contribution >= 0.6 is 8.53 Å². The van der Waals surface area contributed by atoms with E-state index in [1.54, 1.807) is 26.1 Å². The number of ether oxygens (including phenoxy) is 1. The second-order valence-corrected chi connectivity index (χ2v) is 9.89. The largest absolute Gasteiger partial charge is 0.352 e. The summed E-state index contributed by atoms with van der Waals surface area (Å²) in [5.74, 6) is -0.129. The Bertz CT molecular complexity index is 878. The fourth-order valence-electron chi connectivity index (χ4n) is 4.27. The summed E-state index contributed by atoms with van der Waals surface area (Å²) in [4.78, 5) is 28.5. The Kier molecular flexibility index (Phi) is 6.89. The number of nitrogens with one attached hydrogen (secondary N) is 1. The topological polar surface area (TPSA) is 94.9 Å². The van der Waals surface area contributed by atoms with E-state index in [1.165, 1.54) is 4.57 Å². The first-order valence-corrected chi connectivity index (χ1v) is 12.1. The number of carbonyl (C=O) groups is 1. The van der Waals surface area contributed by atoms with Gasteiger partial charge in [-0.2, -0.15) is 4.98 Å². The quantitative estimate of drug-likeness (QED) is 0.504. The van der Waals surface area contributed by atoms with Gasteiger partial charge >= 0.3 is 5.69 Å². The van der Waals surface area contributed by atoms with Crippen LogP contribution < -0.4 is 11.0 Å². The lowest BCUT2D eigenvalue weighted by atomic mass is 10.1. The van der Waals surface area contributed by atoms with E-state index in [0.29, 0.717) is 12.5 Å². The molecule has 4 heterocycles. The van der Waals surface area contributed by atoms with Crippen molar-refractivity contribution in [1.82, 2.24) is 14.2 Å². The van der Waals surface area contributed by atoms with Gasteiger partial charge in [-0.25, -0.2) is 9.46 Å². The number of hydrogen-bond donors (Lipinski definition) is 1. The lowest BCUT2D eigenvalue weighted by Crippen LogP contribution is -2.29. The first-order chi connectivity index (χ1) is 14.9. The van der Waals surface area contributed by atoms with Crippen molar-refractivity contribution >= 4 is 20.3 Å². The van der Waals surface area contributed by atoms with Crippen molar-refractivity contribution < 1.29 is 18.6 Å². The number of nitrogens with zero attached hydrogens (tertiary/aromatic N) is 3. The minimum atomic E-state index is -1.16. The summed E-state index contributed by atoms with van der Waals surface area (Å²) in [6, 6.07) is 1.97. The molecule has 0 spiro atoms. The maximum Gasteiger partial charge on any atom is 0.351 e. The minimum absolute atomic E-state index is 0.00668. The van der Waals surface area contributed by atoms with Crippen LogP contribution in [0.1, 0.15) is 52.7 Å². The highest BCUT2D eigenvalue weighted by molar-refractivity contribution is 7.45. The SMILES string of the molecule is C=C[C@H]1OP(OC2C[C@H](n3ccc(NC(=O)C(C)C)nc3=O)O[C@@H]2CC)N2CCC[C@@H]12. The number of hydrogen-bond acceptors (Lipinski definition) is 7. The summed E-state index contributed by atoms with van der Waals surface area (Å²) < 4.78 is 22.5. The van der Waals surface area contributed by atoms with Crippen molar-refractivity contribution in [3.05, 3.63) is 35.4 Å². The Labute approximate surface area is 183 Å². The van der Waals surface area contributed by atoms with Crippen LogP contribution in [0.3, 0.4) is 0 Å². The predicted molar refractivity (Wildman–Crippen MR) is 117 cm³/mol. The number of amides is 1. The highest BCUT2D eigenvalue weighted by atomic mass is 31.2. The van der Waals surface area contributed by atoms with E-state index < -0.39 is 20.4 Å². The summed E-state index contributed by atoms with van der Waals surface area (Å²) in [5, 5.41) is 2.65. The van der Waals surface area contributed by atoms with E-state index >= 15 is 0 Å². The van der Waals surface area contributed by atoms with Crippen molar-refractivity contribution in [2.24, 2.45) is 5.92 Å². The zero-order valence-corrected chi connectivity index (χ0v) is 19.2. The fourth-order valence-corrected chi connectivity index (χ4v) is 6.24. The molecule has 170 valence electrons. The molecule has 0 aliphatic carbocycles. The summed E-state index contributed by atoms with van der Waals surface area (Å²) in [7, 11) is -1.16. The molecule has 6 atom stereocenters. The number of rotatable bonds is 7. The van der Waals surface area contributed by atoms with Crippen molar-refractivity contribution in [1.29, 1.82) is 0 Å². The van der Waals surface area contributed by atoms with Gasteiger partial charge in [0, 0.05) is 31.1 Å². The molecule has 3 aliphatic rings. The molecule has 0 bridgehead atoms. The molecule has 0 aromatic carbocycles. The summed E-state index contributed by atoms with van der Waals surface area (Å²) in [6.45, 7) is 10.5. The van der Waals surface area contributed by atoms with E-state index in [4.69, 9.17) is 13.8 Å². The molecule has 2 unspecified atom stereocenters. The zero-order valence-electron chi connectivity index (χ0n) is 18.3. The van der Waals surface area contributed by atoms with E-state index in [2.05, 4.69) is 21.6 Å². The average Bonchev–Trinajstić information content (AvgIpc) is 3.44. The zero-order chi connectivity index (χ0) is 22.1. The molecule has 4 rings (SSSR count). The maximum atomic E-state index is 12.6. The Morgan fingerprint density at radius 1 is 1.52 bits per heavy atom. The van der Waals surface area contributed by atoms with Crippen LogP contribution in [0, 0.1) is 5.92 Å². The van der Waals surface area contributed by atoms with Gasteiger partial charge in [-0.3, -0.25) is 9.36 Å². The highest BCUT2D eigenvalue weighted by Crippen LogP contribution is 2.57. The number of aromatic nitrogens is 2. The van der Waals surface area contributed by atoms with Crippen LogP contribution in [-0.4, -0.2) is 51.0 Å². The first-order valence-electron chi connectivity index (χ1n) is 11.0. The molecule has 0 radical (unpaired) electrons. The molecule has 3 fully saturated rings. The molecule has 1 aromatic rings. The normalized spacial score (nSPS) is 33.0. The third kappa shape index (κ3) is 4.61. The van der Waals surface area contributed by atoms with Crippen LogP contribution in [0.25, 0.3) is 0 Å². The van der Waals surface area contributed by atoms with Gasteiger partial charge in [0.25, 0.3) is 8.53 Å². The summed E-state index contributed by atoms with van der Waals surface area (Å²) in [6.07, 6.45) is 6.27. The molecule has 1 amide bonds. The molecule has 1 N–H and O–H groups in total. The van der Waals surface area contributed by atoms with E-state index in [9.17, 15) is 9.59 Å². The molecular weight excluding hydrogens is 419 g/mol. The first kappa shape index (κ1) is 22.6. The third-order valence-electron chi connectivity index (χ3n) is 6.03. The van der Waals surface area contributed by atoms with Gasteiger partial charge in [-0.15, -0.1) is 6.58 Å².